The van der Waals surface area contributed by atoms with Crippen molar-refractivity contribution in [2.45, 2.75) is 63.8 Å². The maximum absolute atomic E-state index is 14.6. The monoisotopic (exact) mass is 563 g/mol. The van der Waals surface area contributed by atoms with Gasteiger partial charge in [-0.15, -0.1) is 0 Å². The van der Waals surface area contributed by atoms with E-state index in [1.165, 1.54) is 18.2 Å². The zero-order chi connectivity index (χ0) is 28.5. The lowest BCUT2D eigenvalue weighted by molar-refractivity contribution is -0.123. The third kappa shape index (κ3) is 5.79. The summed E-state index contributed by atoms with van der Waals surface area (Å²) < 4.78 is 22.1. The Morgan fingerprint density at radius 2 is 1.85 bits per heavy atom. The Morgan fingerprint density at radius 1 is 1.10 bits per heavy atom. The van der Waals surface area contributed by atoms with Gasteiger partial charge in [-0.25, -0.2) is 19.2 Å². The number of carbonyl (C=O) groups excluding carboxylic acids is 2. The molecule has 40 heavy (non-hydrogen) atoms. The Labute approximate surface area is 236 Å². The average molecular weight is 564 g/mol. The van der Waals surface area contributed by atoms with Gasteiger partial charge in [0.2, 0.25) is 5.91 Å². The van der Waals surface area contributed by atoms with E-state index in [1.54, 1.807) is 27.0 Å². The molecule has 1 unspecified atom stereocenters. The number of fused-ring (bicyclic) bond motifs is 1. The van der Waals surface area contributed by atoms with E-state index in [4.69, 9.17) is 21.3 Å². The molecule has 2 aromatic heterocycles. The quantitative estimate of drug-likeness (QED) is 0.294. The van der Waals surface area contributed by atoms with Crippen LogP contribution in [0.4, 0.5) is 9.18 Å². The van der Waals surface area contributed by atoms with Crippen LogP contribution in [-0.4, -0.2) is 38.2 Å². The van der Waals surface area contributed by atoms with Gasteiger partial charge in [0.25, 0.3) is 0 Å². The first-order valence-corrected chi connectivity index (χ1v) is 13.5. The minimum Gasteiger partial charge on any atom is -0.444 e. The van der Waals surface area contributed by atoms with Crippen molar-refractivity contribution < 1.29 is 18.7 Å². The third-order valence-electron chi connectivity index (χ3n) is 6.85. The van der Waals surface area contributed by atoms with Crippen LogP contribution in [0.5, 0.6) is 0 Å². The van der Waals surface area contributed by atoms with Gasteiger partial charge in [-0.3, -0.25) is 4.79 Å². The number of benzene rings is 2. The van der Waals surface area contributed by atoms with E-state index >= 15 is 0 Å². The van der Waals surface area contributed by atoms with Gasteiger partial charge in [-0.1, -0.05) is 48.0 Å². The molecule has 2 N–H and O–H groups in total. The maximum atomic E-state index is 14.6. The van der Waals surface area contributed by atoms with Crippen LogP contribution in [0, 0.1) is 5.82 Å². The molecule has 0 radical (unpaired) electrons. The Morgan fingerprint density at radius 3 is 2.52 bits per heavy atom. The number of rotatable bonds is 8. The molecule has 0 saturated heterocycles. The zero-order valence-corrected chi connectivity index (χ0v) is 23.3. The summed E-state index contributed by atoms with van der Waals surface area (Å²) in [4.78, 5) is 35.5. The van der Waals surface area contributed by atoms with Gasteiger partial charge < -0.3 is 19.9 Å². The number of alkyl carbamates (subject to hydrolysis) is 1. The normalized spacial score (nSPS) is 14.9. The topological polar surface area (TPSA) is 98.1 Å². The van der Waals surface area contributed by atoms with Gasteiger partial charge in [0.15, 0.2) is 5.65 Å². The van der Waals surface area contributed by atoms with Crippen LogP contribution in [0.3, 0.4) is 0 Å². The van der Waals surface area contributed by atoms with E-state index in [1.807, 2.05) is 30.3 Å². The smallest absolute Gasteiger partial charge is 0.408 e. The number of halogens is 2. The molecule has 1 atom stereocenters. The Balaban J connectivity index is 1.43. The number of hydrogen-bond donors (Lipinski definition) is 2. The Kier molecular flexibility index (Phi) is 7.51. The fourth-order valence-electron chi connectivity index (χ4n) is 4.92. The predicted octanol–water partition coefficient (Wildman–Crippen LogP) is 5.51. The summed E-state index contributed by atoms with van der Waals surface area (Å²) in [5, 5.41) is 5.64. The summed E-state index contributed by atoms with van der Waals surface area (Å²) in [6.07, 6.45) is 2.59. The summed E-state index contributed by atoms with van der Waals surface area (Å²) in [7, 11) is 0. The molecule has 4 aromatic rings. The van der Waals surface area contributed by atoms with Crippen molar-refractivity contribution >= 4 is 34.8 Å². The Hall–Kier alpha value is -3.98. The maximum Gasteiger partial charge on any atom is 0.408 e. The molecular weight excluding hydrogens is 533 g/mol. The lowest BCUT2D eigenvalue weighted by Crippen LogP contribution is -2.49. The van der Waals surface area contributed by atoms with Gasteiger partial charge in [0.1, 0.15) is 28.8 Å². The molecule has 10 heteroatoms. The molecule has 0 aliphatic heterocycles. The van der Waals surface area contributed by atoms with Crippen molar-refractivity contribution in [3.63, 3.8) is 0 Å². The number of carbonyl (C=O) groups is 2. The number of nitrogens with zero attached hydrogens (tertiary/aromatic N) is 3. The largest absolute Gasteiger partial charge is 0.444 e. The lowest BCUT2D eigenvalue weighted by atomic mass is 10.0. The third-order valence-corrected chi connectivity index (χ3v) is 7.20. The number of aromatic nitrogens is 3. The summed E-state index contributed by atoms with van der Waals surface area (Å²) in [6, 6.07) is 17.0. The summed E-state index contributed by atoms with van der Waals surface area (Å²) in [5.74, 6) is -0.465. The summed E-state index contributed by atoms with van der Waals surface area (Å²) in [5.41, 5.74) is 1.63. The molecule has 208 valence electrons. The number of pyridine rings is 1. The van der Waals surface area contributed by atoms with Crippen LogP contribution in [0.1, 0.15) is 50.6 Å². The highest BCUT2D eigenvalue weighted by atomic mass is 35.5. The van der Waals surface area contributed by atoms with E-state index in [0.29, 0.717) is 5.82 Å². The highest BCUT2D eigenvalue weighted by Gasteiger charge is 2.48. The second-order valence-corrected chi connectivity index (χ2v) is 11.3. The second kappa shape index (κ2) is 10.9. The standard InChI is InChI=1S/C30H31ClFN5O3/c1-29(2,3)40-28(39)36-24(17-20-21(31)11-7-12-22(20)32)27(38)34-18-25-35-23-13-8-16-33-26(23)37(25)30(14-15-30)19-9-5-4-6-10-19/h4-13,16,24H,14-15,17-18H2,1-3H3,(H,34,38)(H,36,39). The van der Waals surface area contributed by atoms with Crippen molar-refractivity contribution in [1.82, 2.24) is 25.2 Å². The first-order valence-electron chi connectivity index (χ1n) is 13.2. The molecule has 2 amide bonds. The van der Waals surface area contributed by atoms with Crippen molar-refractivity contribution in [3.8, 4) is 0 Å². The van der Waals surface area contributed by atoms with Gasteiger partial charge in [-0.05, 0) is 63.4 Å². The molecule has 0 bridgehead atoms. The van der Waals surface area contributed by atoms with E-state index in [-0.39, 0.29) is 29.1 Å². The SMILES string of the molecule is CC(C)(C)OC(=O)NC(Cc1c(F)cccc1Cl)C(=O)NCc1nc2cccnc2n1C1(c2ccccc2)CC1. The lowest BCUT2D eigenvalue weighted by Gasteiger charge is -2.24. The average Bonchev–Trinajstić information content (AvgIpc) is 3.62. The fraction of sp³-hybridized carbons (Fsp3) is 0.333. The van der Waals surface area contributed by atoms with Crippen molar-refractivity contribution in [2.24, 2.45) is 0 Å². The van der Waals surface area contributed by atoms with Crippen LogP contribution in [0.25, 0.3) is 11.2 Å². The van der Waals surface area contributed by atoms with Gasteiger partial charge in [-0.2, -0.15) is 0 Å². The van der Waals surface area contributed by atoms with Gasteiger partial charge in [0, 0.05) is 23.2 Å². The fourth-order valence-corrected chi connectivity index (χ4v) is 5.16. The van der Waals surface area contributed by atoms with Crippen LogP contribution in [0.15, 0.2) is 66.9 Å². The van der Waals surface area contributed by atoms with E-state index in [2.05, 4.69) is 32.3 Å². The molecule has 8 nitrogen and oxygen atoms in total. The van der Waals surface area contributed by atoms with E-state index < -0.39 is 29.5 Å². The molecule has 1 fully saturated rings. The number of nitrogens with one attached hydrogen (secondary N) is 2. The number of imidazole rings is 1. The van der Waals surface area contributed by atoms with Crippen LogP contribution < -0.4 is 10.6 Å². The molecule has 0 spiro atoms. The molecule has 2 aromatic carbocycles. The molecule has 1 saturated carbocycles. The van der Waals surface area contributed by atoms with Crippen LogP contribution >= 0.6 is 11.6 Å². The predicted molar refractivity (Wildman–Crippen MR) is 150 cm³/mol. The van der Waals surface area contributed by atoms with Crippen molar-refractivity contribution in [2.75, 3.05) is 0 Å². The van der Waals surface area contributed by atoms with Gasteiger partial charge >= 0.3 is 6.09 Å². The first kappa shape index (κ1) is 27.6. The summed E-state index contributed by atoms with van der Waals surface area (Å²) in [6.45, 7) is 5.22. The van der Waals surface area contributed by atoms with Gasteiger partial charge in [0.05, 0.1) is 12.1 Å². The van der Waals surface area contributed by atoms with Crippen LogP contribution in [0.2, 0.25) is 5.02 Å². The highest BCUT2D eigenvalue weighted by Crippen LogP contribution is 2.51. The zero-order valence-electron chi connectivity index (χ0n) is 22.6. The number of amides is 2. The minimum absolute atomic E-state index is 0.0707. The first-order chi connectivity index (χ1) is 19.1. The molecule has 1 aliphatic carbocycles. The van der Waals surface area contributed by atoms with E-state index in [9.17, 15) is 14.0 Å². The minimum atomic E-state index is -1.15. The molecule has 5 rings (SSSR count). The molecular formula is C30H31ClFN5O3. The van der Waals surface area contributed by atoms with E-state index in [0.717, 1.165) is 29.6 Å². The number of hydrogen-bond acceptors (Lipinski definition) is 5. The second-order valence-electron chi connectivity index (χ2n) is 10.9. The van der Waals surface area contributed by atoms with Crippen LogP contribution in [-0.2, 0) is 28.0 Å². The summed E-state index contributed by atoms with van der Waals surface area (Å²) >= 11 is 6.24. The van der Waals surface area contributed by atoms with Crippen molar-refractivity contribution in [1.29, 1.82) is 0 Å². The highest BCUT2D eigenvalue weighted by molar-refractivity contribution is 6.31. The molecule has 2 heterocycles. The van der Waals surface area contributed by atoms with Crippen molar-refractivity contribution in [3.05, 3.63) is 94.7 Å². The Bertz CT molecular complexity index is 1530. The molecule has 1 aliphatic rings. The number of ether oxygens (including phenoxy) is 1.